The molecule has 0 aromatic heterocycles. The Labute approximate surface area is 215 Å². The minimum atomic E-state index is -5.84. The first-order valence-corrected chi connectivity index (χ1v) is 12.8. The number of imide groups is 1. The number of nitrogens with one attached hydrogen (secondary N) is 1. The van der Waals surface area contributed by atoms with Gasteiger partial charge in [0.1, 0.15) is 11.4 Å². The van der Waals surface area contributed by atoms with Crippen LogP contribution in [0, 0.1) is 0 Å². The van der Waals surface area contributed by atoms with Crippen LogP contribution < -0.4 is 15.0 Å². The second-order valence-corrected chi connectivity index (χ2v) is 9.37. The highest BCUT2D eigenvalue weighted by atomic mass is 32.2. The SMILES string of the molecule is CCN1c2ccccc2Nc2c(OCCCC(=O)ON3C(=O)CCC3=O)cccc21.O=S(=O)(O)C(F)(F)F. The zero-order valence-corrected chi connectivity index (χ0v) is 20.8. The van der Waals surface area contributed by atoms with Gasteiger partial charge < -0.3 is 19.8 Å². The van der Waals surface area contributed by atoms with Gasteiger partial charge in [0.15, 0.2) is 0 Å². The van der Waals surface area contributed by atoms with E-state index < -0.39 is 33.4 Å². The van der Waals surface area contributed by atoms with E-state index in [0.29, 0.717) is 23.8 Å². The molecule has 0 radical (unpaired) electrons. The summed E-state index contributed by atoms with van der Waals surface area (Å²) in [6.45, 7) is 3.21. The van der Waals surface area contributed by atoms with E-state index in [-0.39, 0.29) is 19.3 Å². The quantitative estimate of drug-likeness (QED) is 0.221. The molecule has 2 aliphatic rings. The van der Waals surface area contributed by atoms with Gasteiger partial charge in [0, 0.05) is 19.4 Å². The van der Waals surface area contributed by atoms with E-state index in [1.165, 1.54) is 0 Å². The van der Waals surface area contributed by atoms with Gasteiger partial charge in [-0.2, -0.15) is 21.6 Å². The summed E-state index contributed by atoms with van der Waals surface area (Å²) < 4.78 is 63.5. The monoisotopic (exact) mass is 559 g/mol. The van der Waals surface area contributed by atoms with Crippen LogP contribution in [0.1, 0.15) is 32.6 Å². The number of alkyl halides is 3. The molecule has 0 aliphatic carbocycles. The van der Waals surface area contributed by atoms with Crippen molar-refractivity contribution in [2.45, 2.75) is 38.1 Å². The van der Waals surface area contributed by atoms with Crippen molar-refractivity contribution in [3.8, 4) is 5.75 Å². The largest absolute Gasteiger partial charge is 0.522 e. The predicted molar refractivity (Wildman–Crippen MR) is 128 cm³/mol. The van der Waals surface area contributed by atoms with E-state index in [1.807, 2.05) is 36.4 Å². The Kier molecular flexibility index (Phi) is 8.83. The number of hydroxylamine groups is 2. The maximum atomic E-state index is 11.9. The molecule has 2 aromatic carbocycles. The fourth-order valence-electron chi connectivity index (χ4n) is 3.61. The van der Waals surface area contributed by atoms with E-state index in [1.54, 1.807) is 0 Å². The van der Waals surface area contributed by atoms with Crippen molar-refractivity contribution in [1.29, 1.82) is 0 Å². The van der Waals surface area contributed by atoms with Crippen molar-refractivity contribution < 1.29 is 50.1 Å². The van der Waals surface area contributed by atoms with Gasteiger partial charge >= 0.3 is 21.6 Å². The Morgan fingerprint density at radius 3 is 2.26 bits per heavy atom. The predicted octanol–water partition coefficient (Wildman–Crippen LogP) is 4.06. The number of halogens is 3. The highest BCUT2D eigenvalue weighted by molar-refractivity contribution is 7.86. The lowest BCUT2D eigenvalue weighted by molar-refractivity contribution is -0.197. The molecule has 206 valence electrons. The third-order valence-corrected chi connectivity index (χ3v) is 5.92. The summed E-state index contributed by atoms with van der Waals surface area (Å²) in [4.78, 5) is 42.0. The fourth-order valence-corrected chi connectivity index (χ4v) is 3.61. The van der Waals surface area contributed by atoms with Crippen LogP contribution in [0.5, 0.6) is 5.75 Å². The van der Waals surface area contributed by atoms with Gasteiger partial charge in [-0.05, 0) is 37.6 Å². The standard InChI is InChI=1S/C22H23N3O5.CHF3O3S/c1-2-24-16-8-4-3-7-15(16)23-22-17(24)9-5-10-18(22)29-14-6-11-21(28)30-25-19(26)12-13-20(25)27;2-1(3,4)8(5,6)7/h3-5,7-10,23H,2,6,11-14H2,1H3;(H,5,6,7). The molecule has 0 unspecified atom stereocenters. The van der Waals surface area contributed by atoms with E-state index in [9.17, 15) is 27.6 Å². The number of benzene rings is 2. The van der Waals surface area contributed by atoms with Crippen molar-refractivity contribution in [3.63, 3.8) is 0 Å². The summed E-state index contributed by atoms with van der Waals surface area (Å²) in [5.74, 6) is -0.889. The molecule has 0 spiro atoms. The van der Waals surface area contributed by atoms with E-state index in [0.717, 1.165) is 29.3 Å². The molecule has 11 nitrogen and oxygen atoms in total. The second-order valence-electron chi connectivity index (χ2n) is 7.95. The van der Waals surface area contributed by atoms with Crippen LogP contribution in [0.4, 0.5) is 35.9 Å². The maximum Gasteiger partial charge on any atom is 0.522 e. The van der Waals surface area contributed by atoms with Crippen molar-refractivity contribution in [3.05, 3.63) is 42.5 Å². The Bertz CT molecular complexity index is 1300. The topological polar surface area (TPSA) is 143 Å². The normalized spacial score (nSPS) is 14.7. The van der Waals surface area contributed by atoms with Crippen molar-refractivity contribution >= 4 is 50.7 Å². The number of fused-ring (bicyclic) bond motifs is 2. The average Bonchev–Trinajstić information content (AvgIpc) is 3.16. The van der Waals surface area contributed by atoms with Crippen LogP contribution in [0.15, 0.2) is 42.5 Å². The molecule has 0 saturated carbocycles. The van der Waals surface area contributed by atoms with E-state index in [2.05, 4.69) is 23.2 Å². The molecule has 2 heterocycles. The zero-order chi connectivity index (χ0) is 28.1. The van der Waals surface area contributed by atoms with Crippen molar-refractivity contribution in [1.82, 2.24) is 5.06 Å². The first-order chi connectivity index (χ1) is 17.8. The van der Waals surface area contributed by atoms with Crippen LogP contribution in [-0.2, 0) is 29.3 Å². The number of carbonyl (C=O) groups is 3. The molecule has 4 rings (SSSR count). The van der Waals surface area contributed by atoms with Gasteiger partial charge in [-0.15, -0.1) is 5.06 Å². The lowest BCUT2D eigenvalue weighted by Crippen LogP contribution is -2.32. The van der Waals surface area contributed by atoms with E-state index >= 15 is 0 Å². The molecule has 2 aliphatic heterocycles. The summed E-state index contributed by atoms with van der Waals surface area (Å²) in [6.07, 6.45) is 0.606. The average molecular weight is 560 g/mol. The van der Waals surface area contributed by atoms with Crippen molar-refractivity contribution in [2.24, 2.45) is 0 Å². The maximum absolute atomic E-state index is 11.9. The van der Waals surface area contributed by atoms with Crippen LogP contribution in [0.25, 0.3) is 0 Å². The summed E-state index contributed by atoms with van der Waals surface area (Å²) in [5, 5.41) is 4.01. The number of para-hydroxylation sites is 3. The number of carbonyl (C=O) groups excluding carboxylic acids is 3. The molecule has 2 aromatic rings. The second kappa shape index (κ2) is 11.7. The van der Waals surface area contributed by atoms with Gasteiger partial charge in [-0.1, -0.05) is 18.2 Å². The Balaban J connectivity index is 0.000000436. The number of anilines is 4. The van der Waals surface area contributed by atoms with Crippen molar-refractivity contribution in [2.75, 3.05) is 23.4 Å². The summed E-state index contributed by atoms with van der Waals surface area (Å²) in [5.41, 5.74) is -1.51. The Morgan fingerprint density at radius 1 is 1.05 bits per heavy atom. The minimum Gasteiger partial charge on any atom is -0.491 e. The highest BCUT2D eigenvalue weighted by Gasteiger charge is 2.44. The third kappa shape index (κ3) is 6.72. The lowest BCUT2D eigenvalue weighted by atomic mass is 10.1. The van der Waals surface area contributed by atoms with E-state index in [4.69, 9.17) is 22.5 Å². The van der Waals surface area contributed by atoms with Gasteiger partial charge in [0.25, 0.3) is 11.8 Å². The molecular weight excluding hydrogens is 535 g/mol. The molecule has 1 fully saturated rings. The molecular formula is C23H24F3N3O8S. The fraction of sp³-hybridized carbons (Fsp3) is 0.348. The number of hydrogen-bond donors (Lipinski definition) is 2. The first-order valence-electron chi connectivity index (χ1n) is 11.3. The lowest BCUT2D eigenvalue weighted by Gasteiger charge is -2.33. The first kappa shape index (κ1) is 28.7. The number of ether oxygens (including phenoxy) is 1. The minimum absolute atomic E-state index is 0.0451. The third-order valence-electron chi connectivity index (χ3n) is 5.34. The molecule has 0 atom stereocenters. The molecule has 38 heavy (non-hydrogen) atoms. The zero-order valence-electron chi connectivity index (χ0n) is 20.0. The number of hydrogen-bond acceptors (Lipinski definition) is 9. The highest BCUT2D eigenvalue weighted by Crippen LogP contribution is 2.47. The van der Waals surface area contributed by atoms with Gasteiger partial charge in [0.2, 0.25) is 0 Å². The molecule has 2 amide bonds. The number of nitrogens with zero attached hydrogens (tertiary/aromatic N) is 2. The molecule has 2 N–H and O–H groups in total. The Hall–Kier alpha value is -3.85. The number of rotatable bonds is 7. The van der Waals surface area contributed by atoms with Crippen LogP contribution in [-0.4, -0.2) is 54.5 Å². The summed E-state index contributed by atoms with van der Waals surface area (Å²) >= 11 is 0. The summed E-state index contributed by atoms with van der Waals surface area (Å²) in [6, 6.07) is 13.9. The Morgan fingerprint density at radius 2 is 1.66 bits per heavy atom. The van der Waals surface area contributed by atoms with Gasteiger partial charge in [0.05, 0.1) is 30.1 Å². The van der Waals surface area contributed by atoms with Gasteiger partial charge in [-0.3, -0.25) is 14.1 Å². The van der Waals surface area contributed by atoms with Gasteiger partial charge in [-0.25, -0.2) is 4.79 Å². The molecule has 1 saturated heterocycles. The van der Waals surface area contributed by atoms with Crippen LogP contribution in [0.3, 0.4) is 0 Å². The van der Waals surface area contributed by atoms with Crippen LogP contribution >= 0.6 is 0 Å². The van der Waals surface area contributed by atoms with Crippen LogP contribution in [0.2, 0.25) is 0 Å². The smallest absolute Gasteiger partial charge is 0.491 e. The molecule has 0 bridgehead atoms. The molecule has 15 heteroatoms. The summed E-state index contributed by atoms with van der Waals surface area (Å²) in [7, 11) is -5.84. The number of amides is 2.